The molecule has 0 saturated heterocycles. The quantitative estimate of drug-likeness (QED) is 0.880. The van der Waals surface area contributed by atoms with Crippen LogP contribution >= 0.6 is 0 Å². The van der Waals surface area contributed by atoms with E-state index in [1.807, 2.05) is 6.20 Å². The van der Waals surface area contributed by atoms with Gasteiger partial charge in [0, 0.05) is 23.8 Å². The molecule has 3 heteroatoms. The number of hydrogen-bond acceptors (Lipinski definition) is 2. The maximum atomic E-state index is 4.05. The van der Waals surface area contributed by atoms with Crippen molar-refractivity contribution < 1.29 is 0 Å². The van der Waals surface area contributed by atoms with Gasteiger partial charge < -0.3 is 5.32 Å². The minimum absolute atomic E-state index is 0.342. The van der Waals surface area contributed by atoms with Crippen molar-refractivity contribution in [3.05, 3.63) is 51.8 Å². The first kappa shape index (κ1) is 13.8. The summed E-state index contributed by atoms with van der Waals surface area (Å²) < 4.78 is 0. The van der Waals surface area contributed by atoms with Crippen LogP contribution in [0.2, 0.25) is 0 Å². The molecule has 2 aromatic rings. The van der Waals surface area contributed by atoms with Crippen molar-refractivity contribution in [3.63, 3.8) is 0 Å². The van der Waals surface area contributed by atoms with Crippen LogP contribution in [0.5, 0.6) is 0 Å². The van der Waals surface area contributed by atoms with E-state index in [1.165, 1.54) is 27.8 Å². The monoisotopic (exact) mass is 257 g/mol. The van der Waals surface area contributed by atoms with Gasteiger partial charge in [0.1, 0.15) is 0 Å². The second-order valence-corrected chi connectivity index (χ2v) is 5.44. The Morgan fingerprint density at radius 3 is 2.32 bits per heavy atom. The van der Waals surface area contributed by atoms with Crippen LogP contribution in [0.4, 0.5) is 0 Å². The molecule has 0 aliphatic rings. The largest absolute Gasteiger partial charge is 0.306 e. The smallest absolute Gasteiger partial charge is 0.0535 e. The zero-order valence-corrected chi connectivity index (χ0v) is 12.5. The molecule has 102 valence electrons. The molecular weight excluding hydrogens is 234 g/mol. The number of rotatable bonds is 4. The average molecular weight is 257 g/mol. The van der Waals surface area contributed by atoms with Gasteiger partial charge in [-0.25, -0.2) is 0 Å². The SMILES string of the molecule is Cc1cc(C)c(C(C)NCc2cn[nH]c2C)c(C)c1. The molecule has 0 aliphatic carbocycles. The minimum atomic E-state index is 0.342. The Bertz CT molecular complexity index is 546. The van der Waals surface area contributed by atoms with Gasteiger partial charge in [-0.3, -0.25) is 5.10 Å². The Labute approximate surface area is 115 Å². The molecule has 1 aromatic heterocycles. The molecule has 3 nitrogen and oxygen atoms in total. The van der Waals surface area contributed by atoms with E-state index in [2.05, 4.69) is 62.3 Å². The van der Waals surface area contributed by atoms with Crippen molar-refractivity contribution in [2.75, 3.05) is 0 Å². The first-order chi connectivity index (χ1) is 8.99. The fraction of sp³-hybridized carbons (Fsp3) is 0.438. The lowest BCUT2D eigenvalue weighted by molar-refractivity contribution is 0.568. The lowest BCUT2D eigenvalue weighted by Crippen LogP contribution is -2.20. The Balaban J connectivity index is 2.12. The summed E-state index contributed by atoms with van der Waals surface area (Å²) in [5.41, 5.74) is 7.83. The highest BCUT2D eigenvalue weighted by atomic mass is 15.1. The van der Waals surface area contributed by atoms with Gasteiger partial charge in [-0.1, -0.05) is 17.7 Å². The third-order valence-electron chi connectivity index (χ3n) is 3.70. The number of hydrogen-bond donors (Lipinski definition) is 2. The third kappa shape index (κ3) is 3.04. The molecule has 0 aliphatic heterocycles. The van der Waals surface area contributed by atoms with Gasteiger partial charge in [0.2, 0.25) is 0 Å². The van der Waals surface area contributed by atoms with Gasteiger partial charge in [0.15, 0.2) is 0 Å². The van der Waals surface area contributed by atoms with Crippen LogP contribution in [0.15, 0.2) is 18.3 Å². The third-order valence-corrected chi connectivity index (χ3v) is 3.70. The molecule has 1 atom stereocenters. The van der Waals surface area contributed by atoms with Crippen LogP contribution in [0, 0.1) is 27.7 Å². The maximum absolute atomic E-state index is 4.05. The summed E-state index contributed by atoms with van der Waals surface area (Å²) in [5, 5.41) is 10.6. The van der Waals surface area contributed by atoms with Crippen LogP contribution in [-0.2, 0) is 6.54 Å². The van der Waals surface area contributed by atoms with Crippen LogP contribution in [-0.4, -0.2) is 10.2 Å². The molecule has 1 heterocycles. The van der Waals surface area contributed by atoms with E-state index >= 15 is 0 Å². The van der Waals surface area contributed by atoms with E-state index in [0.717, 1.165) is 12.2 Å². The number of nitrogens with one attached hydrogen (secondary N) is 2. The Morgan fingerprint density at radius 1 is 1.16 bits per heavy atom. The lowest BCUT2D eigenvalue weighted by Gasteiger charge is -2.19. The van der Waals surface area contributed by atoms with Gasteiger partial charge in [0.25, 0.3) is 0 Å². The zero-order chi connectivity index (χ0) is 14.0. The molecule has 0 amide bonds. The summed E-state index contributed by atoms with van der Waals surface area (Å²) in [6.07, 6.45) is 1.89. The maximum Gasteiger partial charge on any atom is 0.0535 e. The zero-order valence-electron chi connectivity index (χ0n) is 12.5. The molecule has 0 fully saturated rings. The Hall–Kier alpha value is -1.61. The highest BCUT2D eigenvalue weighted by molar-refractivity contribution is 5.39. The molecule has 0 radical (unpaired) electrons. The summed E-state index contributed by atoms with van der Waals surface area (Å²) in [4.78, 5) is 0. The highest BCUT2D eigenvalue weighted by Gasteiger charge is 2.12. The first-order valence-corrected chi connectivity index (χ1v) is 6.79. The van der Waals surface area contributed by atoms with Crippen LogP contribution in [0.25, 0.3) is 0 Å². The molecule has 0 spiro atoms. The van der Waals surface area contributed by atoms with E-state index in [0.29, 0.717) is 6.04 Å². The Kier molecular flexibility index (Phi) is 4.05. The first-order valence-electron chi connectivity index (χ1n) is 6.79. The van der Waals surface area contributed by atoms with E-state index in [1.54, 1.807) is 0 Å². The normalized spacial score (nSPS) is 12.7. The van der Waals surface area contributed by atoms with Crippen molar-refractivity contribution in [1.29, 1.82) is 0 Å². The fourth-order valence-corrected chi connectivity index (χ4v) is 2.79. The van der Waals surface area contributed by atoms with Gasteiger partial charge in [0.05, 0.1) is 6.20 Å². The molecular formula is C16H23N3. The van der Waals surface area contributed by atoms with Crippen molar-refractivity contribution in [3.8, 4) is 0 Å². The molecule has 2 N–H and O–H groups in total. The second kappa shape index (κ2) is 5.57. The summed E-state index contributed by atoms with van der Waals surface area (Å²) in [5.74, 6) is 0. The summed E-state index contributed by atoms with van der Waals surface area (Å²) in [6.45, 7) is 11.7. The predicted octanol–water partition coefficient (Wildman–Crippen LogP) is 3.49. The van der Waals surface area contributed by atoms with Gasteiger partial charge in [-0.15, -0.1) is 0 Å². The van der Waals surface area contributed by atoms with Gasteiger partial charge in [-0.2, -0.15) is 5.10 Å². The molecule has 19 heavy (non-hydrogen) atoms. The Morgan fingerprint density at radius 2 is 1.79 bits per heavy atom. The molecule has 2 rings (SSSR count). The lowest BCUT2D eigenvalue weighted by atomic mass is 9.95. The number of benzene rings is 1. The number of aryl methyl sites for hydroxylation is 4. The van der Waals surface area contributed by atoms with Gasteiger partial charge >= 0.3 is 0 Å². The summed E-state index contributed by atoms with van der Waals surface area (Å²) >= 11 is 0. The second-order valence-electron chi connectivity index (χ2n) is 5.44. The van der Waals surface area contributed by atoms with E-state index < -0.39 is 0 Å². The molecule has 0 saturated carbocycles. The van der Waals surface area contributed by atoms with Crippen LogP contribution in [0.1, 0.15) is 46.5 Å². The van der Waals surface area contributed by atoms with E-state index in [-0.39, 0.29) is 0 Å². The van der Waals surface area contributed by atoms with E-state index in [4.69, 9.17) is 0 Å². The van der Waals surface area contributed by atoms with Crippen LogP contribution in [0.3, 0.4) is 0 Å². The summed E-state index contributed by atoms with van der Waals surface area (Å²) in [6, 6.07) is 4.85. The van der Waals surface area contributed by atoms with Crippen molar-refractivity contribution in [2.45, 2.75) is 47.2 Å². The number of aromatic amines is 1. The molecule has 0 bridgehead atoms. The van der Waals surface area contributed by atoms with Crippen molar-refractivity contribution in [2.24, 2.45) is 0 Å². The van der Waals surface area contributed by atoms with Gasteiger partial charge in [-0.05, 0) is 51.3 Å². The number of nitrogens with zero attached hydrogens (tertiary/aromatic N) is 1. The topological polar surface area (TPSA) is 40.7 Å². The minimum Gasteiger partial charge on any atom is -0.306 e. The molecule has 1 unspecified atom stereocenters. The molecule has 1 aromatic carbocycles. The average Bonchev–Trinajstić information content (AvgIpc) is 2.70. The van der Waals surface area contributed by atoms with Crippen LogP contribution < -0.4 is 5.32 Å². The standard InChI is InChI=1S/C16H23N3/c1-10-6-11(2)16(12(3)7-10)14(5)17-8-15-9-18-19-13(15)4/h6-7,9,14,17H,8H2,1-5H3,(H,18,19). The number of aromatic nitrogens is 2. The fourth-order valence-electron chi connectivity index (χ4n) is 2.79. The summed E-state index contributed by atoms with van der Waals surface area (Å²) in [7, 11) is 0. The van der Waals surface area contributed by atoms with E-state index in [9.17, 15) is 0 Å². The van der Waals surface area contributed by atoms with Crippen molar-refractivity contribution >= 4 is 0 Å². The van der Waals surface area contributed by atoms with Crippen molar-refractivity contribution in [1.82, 2.24) is 15.5 Å². The highest BCUT2D eigenvalue weighted by Crippen LogP contribution is 2.23. The number of H-pyrrole nitrogens is 1. The predicted molar refractivity (Wildman–Crippen MR) is 79.2 cm³/mol.